The van der Waals surface area contributed by atoms with Crippen LogP contribution in [0, 0.1) is 0 Å². The van der Waals surface area contributed by atoms with E-state index in [0.717, 1.165) is 22.9 Å². The van der Waals surface area contributed by atoms with E-state index in [2.05, 4.69) is 15.9 Å². The number of benzene rings is 1. The van der Waals surface area contributed by atoms with Crippen LogP contribution in [-0.2, 0) is 14.9 Å². The fourth-order valence-electron chi connectivity index (χ4n) is 3.13. The van der Waals surface area contributed by atoms with Crippen molar-refractivity contribution in [1.82, 2.24) is 9.80 Å². The van der Waals surface area contributed by atoms with E-state index in [9.17, 15) is 9.59 Å². The molecule has 124 valence electrons. The fourth-order valence-corrected chi connectivity index (χ4v) is 3.39. The van der Waals surface area contributed by atoms with Crippen molar-refractivity contribution in [2.75, 3.05) is 32.8 Å². The SMILES string of the molecule is CCOC(=O)N1CCN(C(=O)C2(c3ccc(Br)cc3)CC2)CC1. The Morgan fingerprint density at radius 2 is 1.65 bits per heavy atom. The number of rotatable bonds is 3. The molecule has 0 aromatic heterocycles. The third kappa shape index (κ3) is 3.22. The van der Waals surface area contributed by atoms with Gasteiger partial charge < -0.3 is 14.5 Å². The van der Waals surface area contributed by atoms with Crippen molar-refractivity contribution >= 4 is 27.9 Å². The summed E-state index contributed by atoms with van der Waals surface area (Å²) in [5, 5.41) is 0. The number of ether oxygens (including phenoxy) is 1. The Kier molecular flexibility index (Phi) is 4.62. The van der Waals surface area contributed by atoms with E-state index in [1.807, 2.05) is 29.2 Å². The molecule has 0 atom stereocenters. The number of hydrogen-bond donors (Lipinski definition) is 0. The summed E-state index contributed by atoms with van der Waals surface area (Å²) >= 11 is 3.43. The van der Waals surface area contributed by atoms with Gasteiger partial charge >= 0.3 is 6.09 Å². The fraction of sp³-hybridized carbons (Fsp3) is 0.529. The molecule has 1 heterocycles. The zero-order valence-electron chi connectivity index (χ0n) is 13.3. The van der Waals surface area contributed by atoms with Gasteiger partial charge in [0.15, 0.2) is 0 Å². The molecule has 1 saturated heterocycles. The Morgan fingerprint density at radius 1 is 1.09 bits per heavy atom. The highest BCUT2D eigenvalue weighted by atomic mass is 79.9. The summed E-state index contributed by atoms with van der Waals surface area (Å²) in [5.74, 6) is 0.198. The second kappa shape index (κ2) is 6.51. The normalized spacial score (nSPS) is 19.4. The van der Waals surface area contributed by atoms with Crippen LogP contribution in [0.5, 0.6) is 0 Å². The average molecular weight is 381 g/mol. The molecule has 1 aliphatic carbocycles. The lowest BCUT2D eigenvalue weighted by Gasteiger charge is -2.36. The van der Waals surface area contributed by atoms with E-state index in [0.29, 0.717) is 32.8 Å². The minimum absolute atomic E-state index is 0.198. The first kappa shape index (κ1) is 16.3. The van der Waals surface area contributed by atoms with Gasteiger partial charge in [-0.1, -0.05) is 28.1 Å². The van der Waals surface area contributed by atoms with Crippen molar-refractivity contribution in [3.63, 3.8) is 0 Å². The zero-order valence-corrected chi connectivity index (χ0v) is 14.8. The first-order valence-corrected chi connectivity index (χ1v) is 8.83. The topological polar surface area (TPSA) is 49.9 Å². The van der Waals surface area contributed by atoms with Crippen molar-refractivity contribution in [2.45, 2.75) is 25.2 Å². The highest BCUT2D eigenvalue weighted by molar-refractivity contribution is 9.10. The van der Waals surface area contributed by atoms with Crippen LogP contribution in [0.3, 0.4) is 0 Å². The molecule has 1 aromatic rings. The summed E-state index contributed by atoms with van der Waals surface area (Å²) in [6, 6.07) is 8.04. The molecule has 0 N–H and O–H groups in total. The van der Waals surface area contributed by atoms with Gasteiger partial charge in [-0.2, -0.15) is 0 Å². The summed E-state index contributed by atoms with van der Waals surface area (Å²) in [6.45, 7) is 4.42. The number of amides is 2. The second-order valence-electron chi connectivity index (χ2n) is 6.07. The van der Waals surface area contributed by atoms with Crippen LogP contribution in [0.4, 0.5) is 4.79 Å². The van der Waals surface area contributed by atoms with Crippen LogP contribution < -0.4 is 0 Å². The smallest absolute Gasteiger partial charge is 0.409 e. The summed E-state index contributed by atoms with van der Waals surface area (Å²) in [5.41, 5.74) is 0.755. The molecule has 0 radical (unpaired) electrons. The molecular weight excluding hydrogens is 360 g/mol. The van der Waals surface area contributed by atoms with E-state index in [1.54, 1.807) is 11.8 Å². The average Bonchev–Trinajstić information content (AvgIpc) is 3.37. The molecule has 0 bridgehead atoms. The molecule has 0 spiro atoms. The molecule has 2 fully saturated rings. The second-order valence-corrected chi connectivity index (χ2v) is 6.98. The first-order valence-electron chi connectivity index (χ1n) is 8.04. The van der Waals surface area contributed by atoms with Gasteiger partial charge in [0.25, 0.3) is 0 Å². The Morgan fingerprint density at radius 3 is 2.17 bits per heavy atom. The maximum absolute atomic E-state index is 12.9. The largest absolute Gasteiger partial charge is 0.450 e. The maximum Gasteiger partial charge on any atom is 0.409 e. The van der Waals surface area contributed by atoms with E-state index in [4.69, 9.17) is 4.74 Å². The maximum atomic E-state index is 12.9. The predicted octanol–water partition coefficient (Wildman–Crippen LogP) is 2.78. The van der Waals surface area contributed by atoms with Gasteiger partial charge in [0.05, 0.1) is 12.0 Å². The van der Waals surface area contributed by atoms with Crippen LogP contribution in [-0.4, -0.2) is 54.6 Å². The summed E-state index contributed by atoms with van der Waals surface area (Å²) in [6.07, 6.45) is 1.53. The van der Waals surface area contributed by atoms with Crippen molar-refractivity contribution in [2.24, 2.45) is 0 Å². The summed E-state index contributed by atoms with van der Waals surface area (Å²) < 4.78 is 6.04. The number of carbonyl (C=O) groups is 2. The molecule has 6 heteroatoms. The summed E-state index contributed by atoms with van der Waals surface area (Å²) in [7, 11) is 0. The minimum Gasteiger partial charge on any atom is -0.450 e. The van der Waals surface area contributed by atoms with Gasteiger partial charge in [-0.05, 0) is 37.5 Å². The van der Waals surface area contributed by atoms with Gasteiger partial charge in [0.1, 0.15) is 0 Å². The molecular formula is C17H21BrN2O3. The molecule has 1 aromatic carbocycles. The van der Waals surface area contributed by atoms with Gasteiger partial charge in [0, 0.05) is 30.7 Å². The van der Waals surface area contributed by atoms with E-state index in [1.165, 1.54) is 0 Å². The standard InChI is InChI=1S/C17H21BrN2O3/c1-2-23-16(22)20-11-9-19(10-12-20)15(21)17(7-8-17)13-3-5-14(18)6-4-13/h3-6H,2,7-12H2,1H3. The lowest BCUT2D eigenvalue weighted by molar-refractivity contribution is -0.135. The zero-order chi connectivity index (χ0) is 16.4. The minimum atomic E-state index is -0.340. The lowest BCUT2D eigenvalue weighted by Crippen LogP contribution is -2.53. The Bertz CT molecular complexity index is 590. The first-order chi connectivity index (χ1) is 11.1. The van der Waals surface area contributed by atoms with E-state index >= 15 is 0 Å². The predicted molar refractivity (Wildman–Crippen MR) is 90.2 cm³/mol. The van der Waals surface area contributed by atoms with Crippen molar-refractivity contribution in [1.29, 1.82) is 0 Å². The molecule has 2 amide bonds. The monoisotopic (exact) mass is 380 g/mol. The Labute approximate surface area is 144 Å². The quantitative estimate of drug-likeness (QED) is 0.809. The van der Waals surface area contributed by atoms with E-state index < -0.39 is 0 Å². The molecule has 1 saturated carbocycles. The van der Waals surface area contributed by atoms with Gasteiger partial charge in [-0.25, -0.2) is 4.79 Å². The third-order valence-corrected chi connectivity index (χ3v) is 5.18. The lowest BCUT2D eigenvalue weighted by atomic mass is 9.94. The van der Waals surface area contributed by atoms with Crippen LogP contribution in [0.1, 0.15) is 25.3 Å². The van der Waals surface area contributed by atoms with Gasteiger partial charge in [0.2, 0.25) is 5.91 Å². The molecule has 23 heavy (non-hydrogen) atoms. The van der Waals surface area contributed by atoms with Crippen LogP contribution in [0.15, 0.2) is 28.7 Å². The molecule has 3 rings (SSSR count). The number of nitrogens with zero attached hydrogens (tertiary/aromatic N) is 2. The van der Waals surface area contributed by atoms with Crippen LogP contribution in [0.25, 0.3) is 0 Å². The molecule has 0 unspecified atom stereocenters. The molecule has 2 aliphatic rings. The Hall–Kier alpha value is -1.56. The molecule has 5 nitrogen and oxygen atoms in total. The number of carbonyl (C=O) groups excluding carboxylic acids is 2. The number of hydrogen-bond acceptors (Lipinski definition) is 3. The van der Waals surface area contributed by atoms with Crippen molar-refractivity contribution < 1.29 is 14.3 Å². The Balaban J connectivity index is 1.63. The van der Waals surface area contributed by atoms with Crippen molar-refractivity contribution in [3.05, 3.63) is 34.3 Å². The highest BCUT2D eigenvalue weighted by Gasteiger charge is 2.53. The molecule has 1 aliphatic heterocycles. The third-order valence-electron chi connectivity index (χ3n) is 4.65. The number of piperazine rings is 1. The van der Waals surface area contributed by atoms with Crippen molar-refractivity contribution in [3.8, 4) is 0 Å². The number of halogens is 1. The van der Waals surface area contributed by atoms with E-state index in [-0.39, 0.29) is 17.4 Å². The van der Waals surface area contributed by atoms with Crippen LogP contribution >= 0.6 is 15.9 Å². The van der Waals surface area contributed by atoms with Gasteiger partial charge in [-0.15, -0.1) is 0 Å². The van der Waals surface area contributed by atoms with Crippen LogP contribution in [0.2, 0.25) is 0 Å². The summed E-state index contributed by atoms with van der Waals surface area (Å²) in [4.78, 5) is 28.2. The highest BCUT2D eigenvalue weighted by Crippen LogP contribution is 2.49. The van der Waals surface area contributed by atoms with Gasteiger partial charge in [-0.3, -0.25) is 4.79 Å².